The van der Waals surface area contributed by atoms with Crippen LogP contribution >= 0.6 is 0 Å². The first-order chi connectivity index (χ1) is 26.6. The monoisotopic (exact) mass is 787 g/mol. The lowest BCUT2D eigenvalue weighted by atomic mass is 9.90. The number of dihydropyridines is 1. The summed E-state index contributed by atoms with van der Waals surface area (Å²) in [5.41, 5.74) is 2.41. The molecule has 0 spiro atoms. The van der Waals surface area contributed by atoms with Gasteiger partial charge in [0.2, 0.25) is 21.8 Å². The van der Waals surface area contributed by atoms with Crippen LogP contribution in [-0.2, 0) is 29.9 Å². The number of hydrogen-bond donors (Lipinski definition) is 3. The highest BCUT2D eigenvalue weighted by molar-refractivity contribution is 7.91. The SMILES string of the molecule is C/C=C1/CCCCCN(C)C(=O)[C@@H]2C[C@H](Oc3cc(C4(C)C=CC=C(C(C)C)N4)nc4c(C)c(OC)ccc34)C[C@H]2C(=O)N[C@]2(C(=O)NS(=O)(=O)C3CC3)C[C@@H]12. The van der Waals surface area contributed by atoms with Gasteiger partial charge in [0.05, 0.1) is 40.9 Å². The van der Waals surface area contributed by atoms with Gasteiger partial charge in [-0.1, -0.05) is 44.1 Å². The fourth-order valence-electron chi connectivity index (χ4n) is 8.93. The largest absolute Gasteiger partial charge is 0.496 e. The van der Waals surface area contributed by atoms with Crippen molar-refractivity contribution in [2.75, 3.05) is 20.7 Å². The van der Waals surface area contributed by atoms with Crippen molar-refractivity contribution >= 4 is 38.6 Å². The van der Waals surface area contributed by atoms with Gasteiger partial charge in [0.15, 0.2) is 0 Å². The quantitative estimate of drug-likeness (QED) is 0.286. The van der Waals surface area contributed by atoms with E-state index in [1.165, 1.54) is 0 Å². The van der Waals surface area contributed by atoms with E-state index in [0.29, 0.717) is 43.7 Å². The third kappa shape index (κ3) is 7.55. The Morgan fingerprint density at radius 2 is 1.84 bits per heavy atom. The second-order valence-corrected chi connectivity index (χ2v) is 19.0. The van der Waals surface area contributed by atoms with Gasteiger partial charge in [-0.2, -0.15) is 0 Å². The first-order valence-electron chi connectivity index (χ1n) is 20.2. The molecule has 4 fully saturated rings. The molecule has 56 heavy (non-hydrogen) atoms. The van der Waals surface area contributed by atoms with Gasteiger partial charge in [-0.15, -0.1) is 0 Å². The minimum Gasteiger partial charge on any atom is -0.496 e. The number of fused-ring (bicyclic) bond motifs is 3. The summed E-state index contributed by atoms with van der Waals surface area (Å²) in [5.74, 6) is -1.53. The zero-order chi connectivity index (χ0) is 40.2. The zero-order valence-corrected chi connectivity index (χ0v) is 34.6. The van der Waals surface area contributed by atoms with Crippen LogP contribution in [0.1, 0.15) is 96.7 Å². The van der Waals surface area contributed by atoms with E-state index in [0.717, 1.165) is 59.1 Å². The van der Waals surface area contributed by atoms with E-state index in [-0.39, 0.29) is 24.2 Å². The molecule has 0 radical (unpaired) electrons. The number of carbonyl (C=O) groups excluding carboxylic acids is 3. The molecule has 1 saturated heterocycles. The minimum absolute atomic E-state index is 0.137. The van der Waals surface area contributed by atoms with E-state index in [1.807, 2.05) is 44.2 Å². The Hall–Kier alpha value is -4.39. The van der Waals surface area contributed by atoms with Crippen LogP contribution in [-0.4, -0.2) is 73.6 Å². The van der Waals surface area contributed by atoms with Crippen LogP contribution in [0.15, 0.2) is 53.8 Å². The highest BCUT2D eigenvalue weighted by Gasteiger charge is 2.64. The summed E-state index contributed by atoms with van der Waals surface area (Å²) in [4.78, 5) is 49.6. The van der Waals surface area contributed by atoms with Gasteiger partial charge in [0.1, 0.15) is 23.1 Å². The molecule has 3 N–H and O–H groups in total. The highest BCUT2D eigenvalue weighted by atomic mass is 32.2. The normalized spacial score (nSPS) is 30.5. The number of ether oxygens (including phenoxy) is 2. The van der Waals surface area contributed by atoms with Crippen LogP contribution in [0.4, 0.5) is 0 Å². The lowest BCUT2D eigenvalue weighted by molar-refractivity contribution is -0.140. The number of sulfonamides is 1. The van der Waals surface area contributed by atoms with E-state index in [9.17, 15) is 22.8 Å². The molecular weight excluding hydrogens is 731 g/mol. The fourth-order valence-corrected chi connectivity index (χ4v) is 10.3. The van der Waals surface area contributed by atoms with Crippen LogP contribution in [0.2, 0.25) is 0 Å². The topological polar surface area (TPSA) is 156 Å². The van der Waals surface area contributed by atoms with E-state index in [1.54, 1.807) is 19.1 Å². The second kappa shape index (κ2) is 15.2. The summed E-state index contributed by atoms with van der Waals surface area (Å²) in [6, 6.07) is 5.78. The van der Waals surface area contributed by atoms with Crippen molar-refractivity contribution in [1.82, 2.24) is 25.2 Å². The van der Waals surface area contributed by atoms with E-state index in [2.05, 4.69) is 48.3 Å². The van der Waals surface area contributed by atoms with Crippen LogP contribution in [0.25, 0.3) is 10.9 Å². The molecule has 1 unspecified atom stereocenters. The smallest absolute Gasteiger partial charge is 0.259 e. The van der Waals surface area contributed by atoms with Crippen LogP contribution < -0.4 is 24.8 Å². The Labute approximate surface area is 331 Å². The molecule has 302 valence electrons. The van der Waals surface area contributed by atoms with E-state index < -0.39 is 56.1 Å². The van der Waals surface area contributed by atoms with Gasteiger partial charge >= 0.3 is 0 Å². The number of pyridine rings is 1. The van der Waals surface area contributed by atoms with Crippen LogP contribution in [0, 0.1) is 30.6 Å². The molecule has 13 heteroatoms. The van der Waals surface area contributed by atoms with Crippen molar-refractivity contribution in [1.29, 1.82) is 0 Å². The summed E-state index contributed by atoms with van der Waals surface area (Å²) in [6.07, 6.45) is 12.8. The van der Waals surface area contributed by atoms with Crippen molar-refractivity contribution in [2.45, 2.75) is 115 Å². The maximum Gasteiger partial charge on any atom is 0.259 e. The fraction of sp³-hybridized carbons (Fsp3) is 0.581. The molecule has 0 bridgehead atoms. The number of nitrogens with zero attached hydrogens (tertiary/aromatic N) is 2. The number of nitrogens with one attached hydrogen (secondary N) is 3. The summed E-state index contributed by atoms with van der Waals surface area (Å²) in [5, 5.41) is 6.93. The van der Waals surface area contributed by atoms with Gasteiger partial charge in [0.25, 0.3) is 5.91 Å². The zero-order valence-electron chi connectivity index (χ0n) is 33.7. The number of rotatable bonds is 8. The molecule has 2 aliphatic heterocycles. The Balaban J connectivity index is 1.23. The molecule has 1 aromatic heterocycles. The maximum absolute atomic E-state index is 14.6. The lowest BCUT2D eigenvalue weighted by Gasteiger charge is -2.34. The molecule has 6 atom stereocenters. The maximum atomic E-state index is 14.6. The third-order valence-electron chi connectivity index (χ3n) is 12.7. The summed E-state index contributed by atoms with van der Waals surface area (Å²) in [7, 11) is -0.435. The standard InChI is InChI=1S/C43H57N5O7S/c1-8-27-13-10-9-11-20-48(6)40(50)32-22-28(21-31(32)39(49)46-43(24-33(27)43)41(51)47-56(52,53)29-15-16-29)55-36-23-37(42(5)19-12-14-34(45-42)25(2)3)44-38-26(4)35(54-7)18-17-30(36)38/h8,12,14,17-19,23,25,28-29,31-33,45H,9-11,13,15-16,20-22,24H2,1-7H3,(H,46,49)(H,47,51)/b27-8-/t28-,31-,32-,33+,42?,43-/m1/s1. The number of carbonyl (C=O) groups is 3. The molecule has 2 aromatic rings. The number of amides is 3. The lowest BCUT2D eigenvalue weighted by Crippen LogP contribution is -2.54. The molecule has 3 heterocycles. The molecule has 7 rings (SSSR count). The van der Waals surface area contributed by atoms with Crippen molar-refractivity contribution in [3.8, 4) is 11.5 Å². The van der Waals surface area contributed by atoms with E-state index >= 15 is 0 Å². The first kappa shape index (κ1) is 39.8. The first-order valence-corrected chi connectivity index (χ1v) is 21.8. The van der Waals surface area contributed by atoms with E-state index in [4.69, 9.17) is 14.5 Å². The van der Waals surface area contributed by atoms with Crippen molar-refractivity contribution in [3.05, 3.63) is 65.0 Å². The molecule has 3 saturated carbocycles. The molecule has 1 aromatic carbocycles. The van der Waals surface area contributed by atoms with Gasteiger partial charge in [-0.3, -0.25) is 19.1 Å². The average Bonchev–Trinajstić information content (AvgIpc) is 4.10. The molecular formula is C43H57N5O7S. The van der Waals surface area contributed by atoms with Crippen LogP contribution in [0.3, 0.4) is 0 Å². The predicted molar refractivity (Wildman–Crippen MR) is 215 cm³/mol. The number of hydrogen-bond acceptors (Lipinski definition) is 9. The van der Waals surface area contributed by atoms with Crippen LogP contribution in [0.5, 0.6) is 11.5 Å². The number of methoxy groups -OCH3 is 1. The van der Waals surface area contributed by atoms with Crippen molar-refractivity contribution < 1.29 is 32.3 Å². The summed E-state index contributed by atoms with van der Waals surface area (Å²) in [6.45, 7) is 10.8. The Morgan fingerprint density at radius 1 is 1.09 bits per heavy atom. The molecule has 12 nitrogen and oxygen atoms in total. The second-order valence-electron chi connectivity index (χ2n) is 17.0. The predicted octanol–water partition coefficient (Wildman–Crippen LogP) is 5.70. The molecule has 3 aliphatic carbocycles. The van der Waals surface area contributed by atoms with Gasteiger partial charge in [-0.25, -0.2) is 13.4 Å². The van der Waals surface area contributed by atoms with Crippen molar-refractivity contribution in [2.24, 2.45) is 23.7 Å². The average molecular weight is 788 g/mol. The summed E-state index contributed by atoms with van der Waals surface area (Å²) < 4.78 is 40.9. The van der Waals surface area contributed by atoms with Gasteiger partial charge in [-0.05, 0) is 96.3 Å². The molecule has 5 aliphatic rings. The minimum atomic E-state index is -3.85. The Bertz CT molecular complexity index is 2120. The van der Waals surface area contributed by atoms with Crippen molar-refractivity contribution in [3.63, 3.8) is 0 Å². The number of aromatic nitrogens is 1. The number of aryl methyl sites for hydroxylation is 1. The van der Waals surface area contributed by atoms with Gasteiger partial charge in [0, 0.05) is 42.2 Å². The number of allylic oxidation sites excluding steroid dienone is 4. The van der Waals surface area contributed by atoms with Gasteiger partial charge < -0.3 is 25.0 Å². The Morgan fingerprint density at radius 3 is 2.54 bits per heavy atom. The summed E-state index contributed by atoms with van der Waals surface area (Å²) >= 11 is 0. The third-order valence-corrected chi connectivity index (χ3v) is 14.5. The molecule has 3 amide bonds. The Kier molecular flexibility index (Phi) is 10.8. The number of benzene rings is 1. The highest BCUT2D eigenvalue weighted by Crippen LogP contribution is 2.51.